The standard InChI is InChI=1S/C18H23FN2O3/c1-11-5-6-14(8-15(11)19)20-16(22)12(2)21-9-13-4-3-7-18(13,10-21)17(23)24/h5-6,8,12-13H,3-4,7,9-10H2,1-2H3,(H,20,22)(H,23,24)/t12?,13-,18+/m0/s1. The molecule has 1 aliphatic heterocycles. The number of carboxylic acids is 1. The molecule has 1 aromatic rings. The van der Waals surface area contributed by atoms with E-state index in [4.69, 9.17) is 0 Å². The average Bonchev–Trinajstić information content (AvgIpc) is 3.08. The lowest BCUT2D eigenvalue weighted by Crippen LogP contribution is -2.43. The Balaban J connectivity index is 1.68. The lowest BCUT2D eigenvalue weighted by molar-refractivity contribution is -0.149. The van der Waals surface area contributed by atoms with Crippen molar-refractivity contribution in [2.75, 3.05) is 18.4 Å². The van der Waals surface area contributed by atoms with Crippen LogP contribution in [0.15, 0.2) is 18.2 Å². The van der Waals surface area contributed by atoms with Crippen LogP contribution in [-0.4, -0.2) is 41.0 Å². The minimum absolute atomic E-state index is 0.113. The maximum absolute atomic E-state index is 13.6. The molecule has 0 radical (unpaired) electrons. The van der Waals surface area contributed by atoms with Crippen LogP contribution >= 0.6 is 0 Å². The van der Waals surface area contributed by atoms with Crippen molar-refractivity contribution in [1.29, 1.82) is 0 Å². The molecule has 2 N–H and O–H groups in total. The number of halogens is 1. The van der Waals surface area contributed by atoms with Crippen molar-refractivity contribution < 1.29 is 19.1 Å². The van der Waals surface area contributed by atoms with Crippen LogP contribution < -0.4 is 5.32 Å². The van der Waals surface area contributed by atoms with Crippen molar-refractivity contribution in [2.24, 2.45) is 11.3 Å². The first-order valence-electron chi connectivity index (χ1n) is 8.38. The quantitative estimate of drug-likeness (QED) is 0.888. The van der Waals surface area contributed by atoms with Gasteiger partial charge in [-0.05, 0) is 50.3 Å². The molecule has 1 amide bonds. The van der Waals surface area contributed by atoms with Gasteiger partial charge in [-0.15, -0.1) is 0 Å². The molecule has 1 heterocycles. The van der Waals surface area contributed by atoms with E-state index in [2.05, 4.69) is 5.32 Å². The first kappa shape index (κ1) is 16.9. The number of likely N-dealkylation sites (tertiary alicyclic amines) is 1. The van der Waals surface area contributed by atoms with Gasteiger partial charge < -0.3 is 10.4 Å². The van der Waals surface area contributed by atoms with E-state index in [0.717, 1.165) is 12.8 Å². The van der Waals surface area contributed by atoms with Gasteiger partial charge in [0.15, 0.2) is 0 Å². The summed E-state index contributed by atoms with van der Waals surface area (Å²) in [5.41, 5.74) is 0.240. The number of anilines is 1. The smallest absolute Gasteiger partial charge is 0.311 e. The second-order valence-corrected chi connectivity index (χ2v) is 7.11. The zero-order valence-electron chi connectivity index (χ0n) is 14.0. The Kier molecular flexibility index (Phi) is 4.34. The van der Waals surface area contributed by atoms with Crippen molar-refractivity contribution in [3.05, 3.63) is 29.6 Å². The molecule has 24 heavy (non-hydrogen) atoms. The summed E-state index contributed by atoms with van der Waals surface area (Å²) in [6, 6.07) is 4.14. The highest BCUT2D eigenvalue weighted by Gasteiger charge is 2.55. The highest BCUT2D eigenvalue weighted by atomic mass is 19.1. The van der Waals surface area contributed by atoms with Crippen molar-refractivity contribution in [1.82, 2.24) is 4.90 Å². The number of hydrogen-bond donors (Lipinski definition) is 2. The maximum Gasteiger partial charge on any atom is 0.311 e. The number of carboxylic acid groups (broad SMARTS) is 1. The third kappa shape index (κ3) is 2.79. The molecule has 1 unspecified atom stereocenters. The van der Waals surface area contributed by atoms with Crippen LogP contribution in [0, 0.1) is 24.1 Å². The third-order valence-corrected chi connectivity index (χ3v) is 5.69. The van der Waals surface area contributed by atoms with E-state index in [-0.39, 0.29) is 17.6 Å². The molecular weight excluding hydrogens is 311 g/mol. The number of amides is 1. The summed E-state index contributed by atoms with van der Waals surface area (Å²) in [5, 5.41) is 12.4. The first-order chi connectivity index (χ1) is 11.3. The summed E-state index contributed by atoms with van der Waals surface area (Å²) in [7, 11) is 0. The fourth-order valence-electron chi connectivity index (χ4n) is 4.06. The topological polar surface area (TPSA) is 69.6 Å². The molecule has 2 aliphatic rings. The number of nitrogens with zero attached hydrogens (tertiary/aromatic N) is 1. The predicted molar refractivity (Wildman–Crippen MR) is 88.2 cm³/mol. The van der Waals surface area contributed by atoms with Crippen molar-refractivity contribution in [3.63, 3.8) is 0 Å². The molecule has 1 aliphatic carbocycles. The van der Waals surface area contributed by atoms with Gasteiger partial charge in [-0.2, -0.15) is 0 Å². The highest BCUT2D eigenvalue weighted by molar-refractivity contribution is 5.94. The van der Waals surface area contributed by atoms with Crippen molar-refractivity contribution in [2.45, 2.75) is 39.2 Å². The number of aryl methyl sites for hydroxylation is 1. The Hall–Kier alpha value is -1.95. The lowest BCUT2D eigenvalue weighted by atomic mass is 9.81. The summed E-state index contributed by atoms with van der Waals surface area (Å²) in [6.45, 7) is 4.47. The van der Waals surface area contributed by atoms with Gasteiger partial charge in [0.25, 0.3) is 0 Å². The maximum atomic E-state index is 13.6. The number of rotatable bonds is 4. The molecule has 2 fully saturated rings. The first-order valence-corrected chi connectivity index (χ1v) is 8.38. The zero-order valence-corrected chi connectivity index (χ0v) is 14.0. The number of carbonyl (C=O) groups excluding carboxylic acids is 1. The number of carbonyl (C=O) groups is 2. The van der Waals surface area contributed by atoms with E-state index in [0.29, 0.717) is 30.8 Å². The second-order valence-electron chi connectivity index (χ2n) is 7.11. The van der Waals surface area contributed by atoms with Gasteiger partial charge in [0.05, 0.1) is 11.5 Å². The molecule has 5 nitrogen and oxygen atoms in total. The van der Waals surface area contributed by atoms with Crippen molar-refractivity contribution >= 4 is 17.6 Å². The van der Waals surface area contributed by atoms with E-state index in [1.165, 1.54) is 6.07 Å². The number of nitrogens with one attached hydrogen (secondary N) is 1. The lowest BCUT2D eigenvalue weighted by Gasteiger charge is -2.26. The largest absolute Gasteiger partial charge is 0.481 e. The highest BCUT2D eigenvalue weighted by Crippen LogP contribution is 2.49. The normalized spacial score (nSPS) is 27.7. The van der Waals surface area contributed by atoms with Crippen LogP contribution in [0.2, 0.25) is 0 Å². The van der Waals surface area contributed by atoms with Gasteiger partial charge in [-0.3, -0.25) is 14.5 Å². The van der Waals surface area contributed by atoms with E-state index >= 15 is 0 Å². The fraction of sp³-hybridized carbons (Fsp3) is 0.556. The molecule has 0 bridgehead atoms. The Morgan fingerprint density at radius 2 is 2.21 bits per heavy atom. The predicted octanol–water partition coefficient (Wildman–Crippen LogP) is 2.65. The molecule has 0 aromatic heterocycles. The SMILES string of the molecule is Cc1ccc(NC(=O)C(C)N2C[C@@H]3CCC[C@@]3(C(=O)O)C2)cc1F. The molecule has 1 aromatic carbocycles. The number of hydrogen-bond acceptors (Lipinski definition) is 3. The van der Waals surface area contributed by atoms with Crippen LogP contribution in [0.1, 0.15) is 31.7 Å². The fourth-order valence-corrected chi connectivity index (χ4v) is 4.06. The van der Waals surface area contributed by atoms with E-state index in [1.807, 2.05) is 4.90 Å². The Labute approximate surface area is 140 Å². The summed E-state index contributed by atoms with van der Waals surface area (Å²) < 4.78 is 13.6. The molecule has 130 valence electrons. The van der Waals surface area contributed by atoms with Gasteiger partial charge in [0.2, 0.25) is 5.91 Å². The monoisotopic (exact) mass is 334 g/mol. The summed E-state index contributed by atoms with van der Waals surface area (Å²) >= 11 is 0. The molecule has 3 rings (SSSR count). The van der Waals surface area contributed by atoms with Crippen LogP contribution in [0.5, 0.6) is 0 Å². The van der Waals surface area contributed by atoms with Crippen LogP contribution in [-0.2, 0) is 9.59 Å². The molecular formula is C18H23FN2O3. The summed E-state index contributed by atoms with van der Waals surface area (Å²) in [5.74, 6) is -1.23. The number of benzene rings is 1. The van der Waals surface area contributed by atoms with E-state index < -0.39 is 17.4 Å². The van der Waals surface area contributed by atoms with Gasteiger partial charge in [0, 0.05) is 18.8 Å². The Bertz CT molecular complexity index is 678. The number of aliphatic carboxylic acids is 1. The van der Waals surface area contributed by atoms with Crippen LogP contribution in [0.25, 0.3) is 0 Å². The van der Waals surface area contributed by atoms with Gasteiger partial charge >= 0.3 is 5.97 Å². The van der Waals surface area contributed by atoms with Gasteiger partial charge in [-0.1, -0.05) is 12.5 Å². The van der Waals surface area contributed by atoms with Crippen LogP contribution in [0.3, 0.4) is 0 Å². The van der Waals surface area contributed by atoms with Crippen LogP contribution in [0.4, 0.5) is 10.1 Å². The Morgan fingerprint density at radius 3 is 2.83 bits per heavy atom. The molecule has 3 atom stereocenters. The summed E-state index contributed by atoms with van der Waals surface area (Å²) in [4.78, 5) is 26.1. The molecule has 6 heteroatoms. The minimum Gasteiger partial charge on any atom is -0.481 e. The Morgan fingerprint density at radius 1 is 1.46 bits per heavy atom. The minimum atomic E-state index is -0.749. The van der Waals surface area contributed by atoms with E-state index in [9.17, 15) is 19.1 Å². The average molecular weight is 334 g/mol. The molecule has 0 spiro atoms. The molecule has 1 saturated heterocycles. The zero-order chi connectivity index (χ0) is 17.5. The van der Waals surface area contributed by atoms with Crippen molar-refractivity contribution in [3.8, 4) is 0 Å². The van der Waals surface area contributed by atoms with Gasteiger partial charge in [-0.25, -0.2) is 4.39 Å². The van der Waals surface area contributed by atoms with E-state index in [1.54, 1.807) is 26.0 Å². The number of fused-ring (bicyclic) bond motifs is 1. The van der Waals surface area contributed by atoms with Gasteiger partial charge in [0.1, 0.15) is 5.82 Å². The third-order valence-electron chi connectivity index (χ3n) is 5.69. The second kappa shape index (κ2) is 6.16. The molecule has 1 saturated carbocycles. The summed E-state index contributed by atoms with van der Waals surface area (Å²) in [6.07, 6.45) is 2.52.